The first-order valence-corrected chi connectivity index (χ1v) is 7.02. The molecule has 0 atom stereocenters. The lowest BCUT2D eigenvalue weighted by Gasteiger charge is -2.20. The van der Waals surface area contributed by atoms with Crippen molar-refractivity contribution in [2.24, 2.45) is 0 Å². The van der Waals surface area contributed by atoms with E-state index in [1.54, 1.807) is 19.2 Å². The van der Waals surface area contributed by atoms with Gasteiger partial charge in [0, 0.05) is 28.1 Å². The molecule has 1 N–H and O–H groups in total. The van der Waals surface area contributed by atoms with Gasteiger partial charge in [-0.15, -0.1) is 0 Å². The van der Waals surface area contributed by atoms with Crippen molar-refractivity contribution >= 4 is 43.7 Å². The summed E-state index contributed by atoms with van der Waals surface area (Å²) < 4.78 is 1.63. The number of amides is 2. The Kier molecular flexibility index (Phi) is 5.81. The van der Waals surface area contributed by atoms with Crippen molar-refractivity contribution in [2.75, 3.05) is 20.1 Å². The van der Waals surface area contributed by atoms with Gasteiger partial charge in [0.2, 0.25) is 5.91 Å². The van der Waals surface area contributed by atoms with Crippen molar-refractivity contribution in [3.8, 4) is 0 Å². The molecule has 0 fully saturated rings. The Morgan fingerprint density at radius 2 is 1.78 bits per heavy atom. The van der Waals surface area contributed by atoms with E-state index in [9.17, 15) is 9.59 Å². The lowest BCUT2D eigenvalue weighted by atomic mass is 10.2. The maximum Gasteiger partial charge on any atom is 0.254 e. The predicted octanol–water partition coefficient (Wildman–Crippen LogP) is 2.42. The molecule has 0 spiro atoms. The molecule has 0 aliphatic rings. The zero-order valence-corrected chi connectivity index (χ0v) is 13.3. The summed E-state index contributed by atoms with van der Waals surface area (Å²) in [4.78, 5) is 25.1. The average molecular weight is 378 g/mol. The minimum Gasteiger partial charge on any atom is -0.358 e. The van der Waals surface area contributed by atoms with Crippen LogP contribution in [-0.2, 0) is 4.79 Å². The Morgan fingerprint density at radius 1 is 1.22 bits per heavy atom. The molecule has 0 radical (unpaired) electrons. The highest BCUT2D eigenvalue weighted by Crippen LogP contribution is 2.21. The van der Waals surface area contributed by atoms with Gasteiger partial charge in [0.25, 0.3) is 5.91 Å². The molecule has 0 unspecified atom stereocenters. The topological polar surface area (TPSA) is 49.4 Å². The third-order valence-corrected chi connectivity index (χ3v) is 3.31. The van der Waals surface area contributed by atoms with E-state index in [0.717, 1.165) is 8.95 Å². The zero-order chi connectivity index (χ0) is 13.7. The Balaban J connectivity index is 2.92. The van der Waals surface area contributed by atoms with Gasteiger partial charge in [-0.3, -0.25) is 9.59 Å². The molecule has 2 amide bonds. The van der Waals surface area contributed by atoms with Gasteiger partial charge in [0.15, 0.2) is 0 Å². The van der Waals surface area contributed by atoms with E-state index in [2.05, 4.69) is 37.2 Å². The van der Waals surface area contributed by atoms with Gasteiger partial charge in [-0.2, -0.15) is 0 Å². The van der Waals surface area contributed by atoms with Crippen LogP contribution in [-0.4, -0.2) is 36.9 Å². The summed E-state index contributed by atoms with van der Waals surface area (Å²) in [6.45, 7) is 2.39. The van der Waals surface area contributed by atoms with E-state index < -0.39 is 0 Å². The minimum absolute atomic E-state index is 0.0654. The Labute approximate surface area is 123 Å². The Morgan fingerprint density at radius 3 is 2.22 bits per heavy atom. The number of likely N-dealkylation sites (N-methyl/N-ethyl adjacent to an activating group) is 2. The summed E-state index contributed by atoms with van der Waals surface area (Å²) in [6, 6.07) is 5.32. The fourth-order valence-corrected chi connectivity index (χ4v) is 2.73. The van der Waals surface area contributed by atoms with E-state index >= 15 is 0 Å². The molecule has 0 aliphatic carbocycles. The largest absolute Gasteiger partial charge is 0.358 e. The number of nitrogens with one attached hydrogen (secondary N) is 1. The zero-order valence-electron chi connectivity index (χ0n) is 10.2. The number of rotatable bonds is 4. The van der Waals surface area contributed by atoms with Crippen molar-refractivity contribution in [3.63, 3.8) is 0 Å². The summed E-state index contributed by atoms with van der Waals surface area (Å²) in [5.74, 6) is -0.345. The second kappa shape index (κ2) is 6.89. The molecule has 98 valence electrons. The summed E-state index contributed by atoms with van der Waals surface area (Å²) >= 11 is 6.67. The number of nitrogens with zero attached hydrogens (tertiary/aromatic N) is 1. The molecule has 1 aromatic rings. The Hall–Kier alpha value is -0.880. The maximum absolute atomic E-state index is 12.2. The van der Waals surface area contributed by atoms with Crippen LogP contribution >= 0.6 is 31.9 Å². The first-order valence-electron chi connectivity index (χ1n) is 5.43. The monoisotopic (exact) mass is 376 g/mol. The molecule has 1 aromatic carbocycles. The summed E-state index contributed by atoms with van der Waals surface area (Å²) in [5, 5.41) is 2.51. The van der Waals surface area contributed by atoms with Crippen LogP contribution in [0.3, 0.4) is 0 Å². The van der Waals surface area contributed by atoms with E-state index in [-0.39, 0.29) is 18.4 Å². The van der Waals surface area contributed by atoms with Gasteiger partial charge in [-0.05, 0) is 25.1 Å². The first kappa shape index (κ1) is 15.2. The maximum atomic E-state index is 12.2. The quantitative estimate of drug-likeness (QED) is 0.875. The number of carbonyl (C=O) groups is 2. The molecule has 0 heterocycles. The van der Waals surface area contributed by atoms with Gasteiger partial charge >= 0.3 is 0 Å². The molecular formula is C12H14Br2N2O2. The summed E-state index contributed by atoms with van der Waals surface area (Å²) in [6.07, 6.45) is 0. The number of carbonyl (C=O) groups excluding carboxylic acids is 2. The highest BCUT2D eigenvalue weighted by atomic mass is 79.9. The van der Waals surface area contributed by atoms with Crippen LogP contribution in [0.25, 0.3) is 0 Å². The molecular weight excluding hydrogens is 364 g/mol. The summed E-state index contributed by atoms with van der Waals surface area (Å²) in [5.41, 5.74) is 0.544. The Bertz CT molecular complexity index is 443. The van der Waals surface area contributed by atoms with Gasteiger partial charge in [0.05, 0.1) is 6.54 Å². The average Bonchev–Trinajstić information content (AvgIpc) is 2.33. The molecule has 0 aliphatic heterocycles. The first-order chi connectivity index (χ1) is 8.47. The normalized spacial score (nSPS) is 10.0. The fraction of sp³-hybridized carbons (Fsp3) is 0.333. The number of benzene rings is 1. The molecule has 0 aromatic heterocycles. The van der Waals surface area contributed by atoms with E-state index in [4.69, 9.17) is 0 Å². The highest BCUT2D eigenvalue weighted by molar-refractivity contribution is 9.11. The van der Waals surface area contributed by atoms with E-state index in [0.29, 0.717) is 12.1 Å². The highest BCUT2D eigenvalue weighted by Gasteiger charge is 2.17. The van der Waals surface area contributed by atoms with Gasteiger partial charge in [0.1, 0.15) is 0 Å². The van der Waals surface area contributed by atoms with Crippen molar-refractivity contribution < 1.29 is 9.59 Å². The predicted molar refractivity (Wildman–Crippen MR) is 77.5 cm³/mol. The molecule has 4 nitrogen and oxygen atoms in total. The second-order valence-electron chi connectivity index (χ2n) is 3.65. The number of halogens is 2. The van der Waals surface area contributed by atoms with Crippen LogP contribution in [0.15, 0.2) is 27.1 Å². The molecule has 18 heavy (non-hydrogen) atoms. The van der Waals surface area contributed by atoms with E-state index in [1.165, 1.54) is 4.90 Å². The van der Waals surface area contributed by atoms with Crippen molar-refractivity contribution in [3.05, 3.63) is 32.7 Å². The van der Waals surface area contributed by atoms with Crippen LogP contribution in [0.1, 0.15) is 17.3 Å². The molecule has 6 heteroatoms. The number of hydrogen-bond acceptors (Lipinski definition) is 2. The van der Waals surface area contributed by atoms with Crippen LogP contribution in [0.2, 0.25) is 0 Å². The van der Waals surface area contributed by atoms with Crippen molar-refractivity contribution in [1.82, 2.24) is 10.2 Å². The van der Waals surface area contributed by atoms with Crippen LogP contribution in [0.4, 0.5) is 0 Å². The molecule has 0 bridgehead atoms. The minimum atomic E-state index is -0.181. The van der Waals surface area contributed by atoms with Gasteiger partial charge in [-0.1, -0.05) is 31.9 Å². The lowest BCUT2D eigenvalue weighted by molar-refractivity contribution is -0.121. The van der Waals surface area contributed by atoms with Crippen LogP contribution in [0.5, 0.6) is 0 Å². The summed E-state index contributed by atoms with van der Waals surface area (Å²) in [7, 11) is 1.55. The molecule has 0 saturated carbocycles. The second-order valence-corrected chi connectivity index (χ2v) is 5.48. The fourth-order valence-electron chi connectivity index (χ4n) is 1.44. The van der Waals surface area contributed by atoms with Gasteiger partial charge in [-0.25, -0.2) is 0 Å². The standard InChI is InChI=1S/C12H14Br2N2O2/c1-3-16(7-11(17)15-2)12(18)8-4-9(13)6-10(14)5-8/h4-6H,3,7H2,1-2H3,(H,15,17). The van der Waals surface area contributed by atoms with Crippen molar-refractivity contribution in [1.29, 1.82) is 0 Å². The van der Waals surface area contributed by atoms with E-state index in [1.807, 2.05) is 13.0 Å². The third-order valence-electron chi connectivity index (χ3n) is 2.39. The van der Waals surface area contributed by atoms with Gasteiger partial charge < -0.3 is 10.2 Å². The SMILES string of the molecule is CCN(CC(=O)NC)C(=O)c1cc(Br)cc(Br)c1. The molecule has 1 rings (SSSR count). The number of hydrogen-bond donors (Lipinski definition) is 1. The third kappa shape index (κ3) is 4.10. The smallest absolute Gasteiger partial charge is 0.254 e. The lowest BCUT2D eigenvalue weighted by Crippen LogP contribution is -2.39. The molecule has 0 saturated heterocycles. The van der Waals surface area contributed by atoms with Crippen LogP contribution < -0.4 is 5.32 Å². The van der Waals surface area contributed by atoms with Crippen molar-refractivity contribution in [2.45, 2.75) is 6.92 Å². The van der Waals surface area contributed by atoms with Crippen LogP contribution in [0, 0.1) is 0 Å².